The Kier molecular flexibility index (Phi) is 3.49. The maximum Gasteiger partial charge on any atom is 0.116 e. The van der Waals surface area contributed by atoms with Gasteiger partial charge in [0.05, 0.1) is 6.20 Å². The molecule has 2 N–H and O–H groups in total. The first-order chi connectivity index (χ1) is 8.24. The van der Waals surface area contributed by atoms with Gasteiger partial charge in [-0.05, 0) is 12.3 Å². The van der Waals surface area contributed by atoms with Gasteiger partial charge >= 0.3 is 0 Å². The number of nitrogens with zero attached hydrogens (tertiary/aromatic N) is 3. The Balaban J connectivity index is 2.47. The highest BCUT2D eigenvalue weighted by Crippen LogP contribution is 2.26. The largest absolute Gasteiger partial charge is 0.396 e. The van der Waals surface area contributed by atoms with Crippen molar-refractivity contribution in [2.24, 2.45) is 0 Å². The molecule has 0 aliphatic rings. The number of hydrogen-bond donors (Lipinski definition) is 2. The average Bonchev–Trinajstić information content (AvgIpc) is 2.75. The van der Waals surface area contributed by atoms with Crippen LogP contribution in [-0.2, 0) is 6.42 Å². The van der Waals surface area contributed by atoms with Crippen LogP contribution in [-0.4, -0.2) is 31.9 Å². The van der Waals surface area contributed by atoms with E-state index in [1.54, 1.807) is 18.6 Å². The van der Waals surface area contributed by atoms with Crippen LogP contribution in [0.4, 0.5) is 0 Å². The Labute approximate surface area is 99.9 Å². The summed E-state index contributed by atoms with van der Waals surface area (Å²) in [5, 5.41) is 16.5. The number of nitrogens with one attached hydrogen (secondary N) is 1. The fourth-order valence-corrected chi connectivity index (χ4v) is 1.85. The molecule has 5 heteroatoms. The molecule has 90 valence electrons. The zero-order chi connectivity index (χ0) is 12.3. The van der Waals surface area contributed by atoms with Crippen LogP contribution in [0.3, 0.4) is 0 Å². The van der Waals surface area contributed by atoms with Crippen molar-refractivity contribution >= 4 is 0 Å². The molecule has 2 heterocycles. The van der Waals surface area contributed by atoms with E-state index in [0.717, 1.165) is 22.6 Å². The van der Waals surface area contributed by atoms with Gasteiger partial charge in [-0.2, -0.15) is 5.10 Å². The predicted octanol–water partition coefficient (Wildman–Crippen LogP) is 1.52. The summed E-state index contributed by atoms with van der Waals surface area (Å²) in [7, 11) is 0. The molecular weight excluding hydrogens is 216 g/mol. The van der Waals surface area contributed by atoms with E-state index in [1.165, 1.54) is 0 Å². The van der Waals surface area contributed by atoms with Gasteiger partial charge in [-0.15, -0.1) is 0 Å². The fraction of sp³-hybridized carbons (Fsp3) is 0.417. The maximum absolute atomic E-state index is 9.14. The summed E-state index contributed by atoms with van der Waals surface area (Å²) in [4.78, 5) is 8.28. The minimum Gasteiger partial charge on any atom is -0.396 e. The quantitative estimate of drug-likeness (QED) is 0.838. The van der Waals surface area contributed by atoms with Gasteiger partial charge in [0.1, 0.15) is 11.4 Å². The zero-order valence-corrected chi connectivity index (χ0v) is 10.0. The second-order valence-corrected chi connectivity index (χ2v) is 4.18. The van der Waals surface area contributed by atoms with E-state index in [-0.39, 0.29) is 6.61 Å². The molecule has 0 fully saturated rings. The van der Waals surface area contributed by atoms with Gasteiger partial charge in [-0.1, -0.05) is 13.8 Å². The van der Waals surface area contributed by atoms with E-state index in [9.17, 15) is 0 Å². The molecule has 2 aromatic heterocycles. The summed E-state index contributed by atoms with van der Waals surface area (Å²) >= 11 is 0. The third-order valence-corrected chi connectivity index (χ3v) is 2.64. The fourth-order valence-electron chi connectivity index (χ4n) is 1.85. The number of H-pyrrole nitrogens is 1. The van der Waals surface area contributed by atoms with Crippen LogP contribution >= 0.6 is 0 Å². The molecular formula is C12H16N4O. The molecule has 0 radical (unpaired) electrons. The van der Waals surface area contributed by atoms with Crippen molar-refractivity contribution < 1.29 is 5.11 Å². The lowest BCUT2D eigenvalue weighted by atomic mass is 10.0. The van der Waals surface area contributed by atoms with Crippen molar-refractivity contribution in [3.63, 3.8) is 0 Å². The Morgan fingerprint density at radius 2 is 2.18 bits per heavy atom. The van der Waals surface area contributed by atoms with E-state index in [1.807, 2.05) is 0 Å². The lowest BCUT2D eigenvalue weighted by Crippen LogP contribution is -1.99. The van der Waals surface area contributed by atoms with Crippen molar-refractivity contribution in [3.05, 3.63) is 29.8 Å². The summed E-state index contributed by atoms with van der Waals surface area (Å²) in [5.41, 5.74) is 3.61. The van der Waals surface area contributed by atoms with Crippen LogP contribution in [0, 0.1) is 0 Å². The summed E-state index contributed by atoms with van der Waals surface area (Å²) in [6.07, 6.45) is 5.53. The Morgan fingerprint density at radius 1 is 1.35 bits per heavy atom. The molecule has 2 rings (SSSR count). The van der Waals surface area contributed by atoms with Gasteiger partial charge in [0.15, 0.2) is 0 Å². The molecule has 0 saturated carbocycles. The number of hydrogen-bond acceptors (Lipinski definition) is 4. The molecule has 5 nitrogen and oxygen atoms in total. The van der Waals surface area contributed by atoms with Crippen molar-refractivity contribution in [3.8, 4) is 11.4 Å². The van der Waals surface area contributed by atoms with Crippen molar-refractivity contribution in [2.45, 2.75) is 26.2 Å². The third kappa shape index (κ3) is 2.34. The highest BCUT2D eigenvalue weighted by molar-refractivity contribution is 5.59. The second kappa shape index (κ2) is 5.05. The SMILES string of the molecule is CC(C)c1[nH]nc(-c2cnccn2)c1CCO. The van der Waals surface area contributed by atoms with Crippen LogP contribution in [0.25, 0.3) is 11.4 Å². The van der Waals surface area contributed by atoms with Crippen molar-refractivity contribution in [2.75, 3.05) is 6.61 Å². The number of aliphatic hydroxyl groups excluding tert-OH is 1. The first kappa shape index (κ1) is 11.7. The van der Waals surface area contributed by atoms with Gasteiger partial charge in [-0.25, -0.2) is 0 Å². The van der Waals surface area contributed by atoms with Crippen LogP contribution in [0.1, 0.15) is 31.0 Å². The number of aromatic nitrogens is 4. The molecule has 0 unspecified atom stereocenters. The normalized spacial score (nSPS) is 11.1. The minimum absolute atomic E-state index is 0.104. The number of aromatic amines is 1. The summed E-state index contributed by atoms with van der Waals surface area (Å²) in [6, 6.07) is 0. The monoisotopic (exact) mass is 232 g/mol. The highest BCUT2D eigenvalue weighted by Gasteiger charge is 2.17. The Bertz CT molecular complexity index is 479. The molecule has 0 aromatic carbocycles. The van der Waals surface area contributed by atoms with Gasteiger partial charge in [0.2, 0.25) is 0 Å². The van der Waals surface area contributed by atoms with E-state index >= 15 is 0 Å². The van der Waals surface area contributed by atoms with Crippen molar-refractivity contribution in [1.29, 1.82) is 0 Å². The van der Waals surface area contributed by atoms with Gasteiger partial charge in [-0.3, -0.25) is 15.1 Å². The average molecular weight is 232 g/mol. The van der Waals surface area contributed by atoms with Gasteiger partial charge in [0.25, 0.3) is 0 Å². The lowest BCUT2D eigenvalue weighted by molar-refractivity contribution is 0.299. The number of aliphatic hydroxyl groups is 1. The molecule has 0 saturated heterocycles. The topological polar surface area (TPSA) is 74.7 Å². The minimum atomic E-state index is 0.104. The summed E-state index contributed by atoms with van der Waals surface area (Å²) in [5.74, 6) is 0.342. The lowest BCUT2D eigenvalue weighted by Gasteiger charge is -2.06. The third-order valence-electron chi connectivity index (χ3n) is 2.64. The van der Waals surface area contributed by atoms with Crippen LogP contribution in [0.2, 0.25) is 0 Å². The summed E-state index contributed by atoms with van der Waals surface area (Å²) in [6.45, 7) is 4.29. The molecule has 2 aromatic rings. The van der Waals surface area contributed by atoms with Crippen LogP contribution in [0.15, 0.2) is 18.6 Å². The zero-order valence-electron chi connectivity index (χ0n) is 10.0. The predicted molar refractivity (Wildman–Crippen MR) is 64.5 cm³/mol. The van der Waals surface area contributed by atoms with Crippen molar-refractivity contribution in [1.82, 2.24) is 20.2 Å². The highest BCUT2D eigenvalue weighted by atomic mass is 16.2. The van der Waals surface area contributed by atoms with Gasteiger partial charge in [0, 0.05) is 30.3 Å². The molecule has 17 heavy (non-hydrogen) atoms. The van der Waals surface area contributed by atoms with E-state index in [4.69, 9.17) is 5.11 Å². The maximum atomic E-state index is 9.14. The molecule has 0 atom stereocenters. The molecule has 0 bridgehead atoms. The van der Waals surface area contributed by atoms with E-state index < -0.39 is 0 Å². The standard InChI is InChI=1S/C12H16N4O/c1-8(2)11-9(3-6-17)12(16-15-11)10-7-13-4-5-14-10/h4-5,7-8,17H,3,6H2,1-2H3,(H,15,16). The first-order valence-corrected chi connectivity index (χ1v) is 5.68. The Hall–Kier alpha value is -1.75. The smallest absolute Gasteiger partial charge is 0.116 e. The first-order valence-electron chi connectivity index (χ1n) is 5.68. The van der Waals surface area contributed by atoms with E-state index in [0.29, 0.717) is 12.3 Å². The van der Waals surface area contributed by atoms with Crippen LogP contribution in [0.5, 0.6) is 0 Å². The van der Waals surface area contributed by atoms with E-state index in [2.05, 4.69) is 34.0 Å². The number of rotatable bonds is 4. The molecule has 0 amide bonds. The second-order valence-electron chi connectivity index (χ2n) is 4.18. The summed E-state index contributed by atoms with van der Waals surface area (Å²) < 4.78 is 0. The Morgan fingerprint density at radius 3 is 2.76 bits per heavy atom. The molecule has 0 aliphatic carbocycles. The van der Waals surface area contributed by atoms with Crippen LogP contribution < -0.4 is 0 Å². The molecule has 0 aliphatic heterocycles. The van der Waals surface area contributed by atoms with Gasteiger partial charge < -0.3 is 5.11 Å². The molecule has 0 spiro atoms.